The summed E-state index contributed by atoms with van der Waals surface area (Å²) in [6.07, 6.45) is 0.896. The maximum atomic E-state index is 11.5. The summed E-state index contributed by atoms with van der Waals surface area (Å²) in [5.41, 5.74) is 3.17. The average molecular weight is 274 g/mol. The van der Waals surface area contributed by atoms with Gasteiger partial charge in [-0.25, -0.2) is 10.8 Å². The molecule has 0 spiro atoms. The Morgan fingerprint density at radius 1 is 1.35 bits per heavy atom. The number of amides is 1. The predicted molar refractivity (Wildman–Crippen MR) is 78.3 cm³/mol. The second-order valence-electron chi connectivity index (χ2n) is 4.31. The van der Waals surface area contributed by atoms with Gasteiger partial charge in [0.1, 0.15) is 17.1 Å². The molecule has 6 heteroatoms. The maximum Gasteiger partial charge on any atom is 0.257 e. The fourth-order valence-electron chi connectivity index (χ4n) is 1.78. The number of hydrazine groups is 1. The van der Waals surface area contributed by atoms with Crippen LogP contribution in [0.15, 0.2) is 30.3 Å². The Morgan fingerprint density at radius 2 is 2.20 bits per heavy atom. The van der Waals surface area contributed by atoms with E-state index < -0.39 is 0 Å². The number of nitrogens with two attached hydrogens (primary N) is 1. The smallest absolute Gasteiger partial charge is 0.257 e. The SMILES string of the molecule is CCCNC(=O)COc1cccc2ccc(NN)nc12. The molecule has 1 heterocycles. The van der Waals surface area contributed by atoms with E-state index in [2.05, 4.69) is 15.7 Å². The van der Waals surface area contributed by atoms with Crippen molar-refractivity contribution in [1.29, 1.82) is 0 Å². The molecule has 0 unspecified atom stereocenters. The molecule has 2 aromatic rings. The summed E-state index contributed by atoms with van der Waals surface area (Å²) in [4.78, 5) is 15.9. The molecule has 1 amide bonds. The highest BCUT2D eigenvalue weighted by molar-refractivity contribution is 5.86. The number of hydrogen-bond donors (Lipinski definition) is 3. The lowest BCUT2D eigenvalue weighted by molar-refractivity contribution is -0.123. The number of hydrogen-bond acceptors (Lipinski definition) is 5. The van der Waals surface area contributed by atoms with Crippen LogP contribution in [0.1, 0.15) is 13.3 Å². The van der Waals surface area contributed by atoms with Gasteiger partial charge in [0.05, 0.1) is 0 Å². The van der Waals surface area contributed by atoms with Crippen LogP contribution in [0, 0.1) is 0 Å². The van der Waals surface area contributed by atoms with Crippen molar-refractivity contribution in [1.82, 2.24) is 10.3 Å². The van der Waals surface area contributed by atoms with Gasteiger partial charge in [0.25, 0.3) is 5.91 Å². The average Bonchev–Trinajstić information content (AvgIpc) is 2.50. The number of aromatic nitrogens is 1. The van der Waals surface area contributed by atoms with Gasteiger partial charge in [-0.15, -0.1) is 0 Å². The summed E-state index contributed by atoms with van der Waals surface area (Å²) in [5.74, 6) is 6.32. The van der Waals surface area contributed by atoms with E-state index in [0.29, 0.717) is 23.6 Å². The number of carbonyl (C=O) groups excluding carboxylic acids is 1. The molecule has 20 heavy (non-hydrogen) atoms. The van der Waals surface area contributed by atoms with E-state index in [-0.39, 0.29) is 12.5 Å². The molecule has 2 rings (SSSR count). The molecule has 0 fully saturated rings. The van der Waals surface area contributed by atoms with E-state index in [4.69, 9.17) is 10.6 Å². The number of nitrogens with zero attached hydrogens (tertiary/aromatic N) is 1. The van der Waals surface area contributed by atoms with Crippen molar-refractivity contribution in [2.45, 2.75) is 13.3 Å². The standard InChI is InChI=1S/C14H18N4O2/c1-2-8-16-13(19)9-20-11-5-3-4-10-6-7-12(18-15)17-14(10)11/h3-7H,2,8-9,15H2,1H3,(H,16,19)(H,17,18). The fraction of sp³-hybridized carbons (Fsp3) is 0.286. The van der Waals surface area contributed by atoms with Gasteiger partial charge in [0.2, 0.25) is 0 Å². The lowest BCUT2D eigenvalue weighted by atomic mass is 10.2. The zero-order valence-corrected chi connectivity index (χ0v) is 11.3. The van der Waals surface area contributed by atoms with Crippen molar-refractivity contribution in [3.8, 4) is 5.75 Å². The zero-order chi connectivity index (χ0) is 14.4. The van der Waals surface area contributed by atoms with E-state index in [1.54, 1.807) is 12.1 Å². The number of carbonyl (C=O) groups is 1. The highest BCUT2D eigenvalue weighted by Gasteiger charge is 2.07. The summed E-state index contributed by atoms with van der Waals surface area (Å²) in [6, 6.07) is 9.23. The lowest BCUT2D eigenvalue weighted by Gasteiger charge is -2.09. The van der Waals surface area contributed by atoms with Crippen LogP contribution in [0.25, 0.3) is 10.9 Å². The monoisotopic (exact) mass is 274 g/mol. The number of rotatable bonds is 6. The van der Waals surface area contributed by atoms with E-state index in [1.807, 2.05) is 25.1 Å². The molecule has 0 atom stereocenters. The van der Waals surface area contributed by atoms with Crippen LogP contribution in [-0.4, -0.2) is 24.0 Å². The zero-order valence-electron chi connectivity index (χ0n) is 11.3. The summed E-state index contributed by atoms with van der Waals surface area (Å²) in [7, 11) is 0. The molecular weight excluding hydrogens is 256 g/mol. The summed E-state index contributed by atoms with van der Waals surface area (Å²) in [6.45, 7) is 2.62. The minimum Gasteiger partial charge on any atom is -0.481 e. The summed E-state index contributed by atoms with van der Waals surface area (Å²) < 4.78 is 5.53. The van der Waals surface area contributed by atoms with Gasteiger partial charge in [0.15, 0.2) is 6.61 Å². The third-order valence-electron chi connectivity index (χ3n) is 2.76. The third kappa shape index (κ3) is 3.36. The van der Waals surface area contributed by atoms with Gasteiger partial charge >= 0.3 is 0 Å². The Hall–Kier alpha value is -2.34. The van der Waals surface area contributed by atoms with Crippen LogP contribution in [0.5, 0.6) is 5.75 Å². The van der Waals surface area contributed by atoms with Crippen molar-refractivity contribution >= 4 is 22.6 Å². The van der Waals surface area contributed by atoms with Gasteiger partial charge in [-0.1, -0.05) is 19.1 Å². The highest BCUT2D eigenvalue weighted by Crippen LogP contribution is 2.24. The molecule has 106 valence electrons. The van der Waals surface area contributed by atoms with Crippen LogP contribution in [0.4, 0.5) is 5.82 Å². The third-order valence-corrected chi connectivity index (χ3v) is 2.76. The number of para-hydroxylation sites is 1. The minimum absolute atomic E-state index is 0.0267. The summed E-state index contributed by atoms with van der Waals surface area (Å²) >= 11 is 0. The Morgan fingerprint density at radius 3 is 2.95 bits per heavy atom. The van der Waals surface area contributed by atoms with Gasteiger partial charge in [-0.05, 0) is 24.6 Å². The molecule has 0 radical (unpaired) electrons. The van der Waals surface area contributed by atoms with E-state index in [1.165, 1.54) is 0 Å². The van der Waals surface area contributed by atoms with Gasteiger partial charge in [0, 0.05) is 11.9 Å². The number of pyridine rings is 1. The minimum atomic E-state index is -0.142. The molecular formula is C14H18N4O2. The molecule has 6 nitrogen and oxygen atoms in total. The largest absolute Gasteiger partial charge is 0.481 e. The van der Waals surface area contributed by atoms with Gasteiger partial charge in [-0.3, -0.25) is 4.79 Å². The molecule has 0 saturated heterocycles. The van der Waals surface area contributed by atoms with Crippen molar-refractivity contribution in [3.05, 3.63) is 30.3 Å². The van der Waals surface area contributed by atoms with Crippen molar-refractivity contribution < 1.29 is 9.53 Å². The van der Waals surface area contributed by atoms with Crippen molar-refractivity contribution in [2.75, 3.05) is 18.6 Å². The van der Waals surface area contributed by atoms with Crippen LogP contribution < -0.4 is 21.3 Å². The van der Waals surface area contributed by atoms with Crippen molar-refractivity contribution in [2.24, 2.45) is 5.84 Å². The maximum absolute atomic E-state index is 11.5. The quantitative estimate of drug-likeness (QED) is 0.547. The van der Waals surface area contributed by atoms with Crippen LogP contribution in [-0.2, 0) is 4.79 Å². The molecule has 4 N–H and O–H groups in total. The van der Waals surface area contributed by atoms with E-state index in [9.17, 15) is 4.79 Å². The van der Waals surface area contributed by atoms with Gasteiger partial charge in [-0.2, -0.15) is 0 Å². The Kier molecular flexibility index (Phi) is 4.73. The first-order valence-corrected chi connectivity index (χ1v) is 6.50. The number of anilines is 1. The Bertz CT molecular complexity index is 601. The predicted octanol–water partition coefficient (Wildman–Crippen LogP) is 1.43. The van der Waals surface area contributed by atoms with Gasteiger partial charge < -0.3 is 15.5 Å². The molecule has 0 aliphatic carbocycles. The van der Waals surface area contributed by atoms with E-state index >= 15 is 0 Å². The molecule has 0 saturated carbocycles. The number of nitrogens with one attached hydrogen (secondary N) is 2. The Labute approximate surface area is 117 Å². The highest BCUT2D eigenvalue weighted by atomic mass is 16.5. The number of benzene rings is 1. The first kappa shape index (κ1) is 14.1. The second kappa shape index (κ2) is 6.72. The molecule has 0 bridgehead atoms. The fourth-order valence-corrected chi connectivity index (χ4v) is 1.78. The molecule has 1 aromatic heterocycles. The molecule has 0 aliphatic heterocycles. The van der Waals surface area contributed by atoms with E-state index in [0.717, 1.165) is 11.8 Å². The topological polar surface area (TPSA) is 89.3 Å². The molecule has 0 aliphatic rings. The second-order valence-corrected chi connectivity index (χ2v) is 4.31. The first-order chi connectivity index (χ1) is 9.74. The van der Waals surface area contributed by atoms with Crippen molar-refractivity contribution in [3.63, 3.8) is 0 Å². The normalized spacial score (nSPS) is 10.3. The lowest BCUT2D eigenvalue weighted by Crippen LogP contribution is -2.29. The summed E-state index contributed by atoms with van der Waals surface area (Å²) in [5, 5.41) is 3.68. The number of ether oxygens (including phenoxy) is 1. The van der Waals surface area contributed by atoms with Crippen LogP contribution in [0.3, 0.4) is 0 Å². The first-order valence-electron chi connectivity index (χ1n) is 6.50. The Balaban J connectivity index is 2.15. The number of nitrogen functional groups attached to an aromatic ring is 1. The van der Waals surface area contributed by atoms with Crippen LogP contribution in [0.2, 0.25) is 0 Å². The molecule has 1 aromatic carbocycles. The number of fused-ring (bicyclic) bond motifs is 1. The van der Waals surface area contributed by atoms with Crippen LogP contribution >= 0.6 is 0 Å².